The Labute approximate surface area is 110 Å². The molecule has 0 atom stereocenters. The molecule has 1 fully saturated rings. The van der Waals surface area contributed by atoms with Gasteiger partial charge in [0.2, 0.25) is 0 Å². The highest BCUT2D eigenvalue weighted by Crippen LogP contribution is 2.28. The van der Waals surface area contributed by atoms with E-state index in [0.29, 0.717) is 17.5 Å². The lowest BCUT2D eigenvalue weighted by molar-refractivity contribution is 0.163. The second-order valence-corrected chi connectivity index (χ2v) is 5.72. The van der Waals surface area contributed by atoms with Crippen LogP contribution in [0, 0.1) is 5.92 Å². The summed E-state index contributed by atoms with van der Waals surface area (Å²) in [7, 11) is 2.14. The van der Waals surface area contributed by atoms with Crippen molar-refractivity contribution in [2.45, 2.75) is 45.2 Å². The summed E-state index contributed by atoms with van der Waals surface area (Å²) in [6, 6.07) is 5.93. The van der Waals surface area contributed by atoms with E-state index in [2.05, 4.69) is 18.9 Å². The Morgan fingerprint density at radius 1 is 1.28 bits per heavy atom. The number of aromatic hydroxyl groups is 1. The van der Waals surface area contributed by atoms with Gasteiger partial charge in [-0.05, 0) is 56.8 Å². The third-order valence-corrected chi connectivity index (χ3v) is 4.13. The smallest absolute Gasteiger partial charge is 0.120 e. The molecule has 1 aromatic rings. The van der Waals surface area contributed by atoms with Crippen molar-refractivity contribution in [2.24, 2.45) is 5.92 Å². The molecule has 0 aromatic heterocycles. The van der Waals surface area contributed by atoms with Crippen molar-refractivity contribution >= 4 is 5.69 Å². The van der Waals surface area contributed by atoms with Crippen molar-refractivity contribution < 1.29 is 5.11 Å². The largest absolute Gasteiger partial charge is 0.508 e. The van der Waals surface area contributed by atoms with Gasteiger partial charge in [-0.3, -0.25) is 4.90 Å². The van der Waals surface area contributed by atoms with Gasteiger partial charge in [0.1, 0.15) is 5.75 Å². The van der Waals surface area contributed by atoms with Gasteiger partial charge in [-0.25, -0.2) is 0 Å². The van der Waals surface area contributed by atoms with Gasteiger partial charge < -0.3 is 10.8 Å². The van der Waals surface area contributed by atoms with Crippen molar-refractivity contribution in [1.82, 2.24) is 4.90 Å². The van der Waals surface area contributed by atoms with Crippen molar-refractivity contribution in [3.8, 4) is 5.75 Å². The molecule has 3 nitrogen and oxygen atoms in total. The van der Waals surface area contributed by atoms with E-state index in [0.717, 1.165) is 18.0 Å². The highest BCUT2D eigenvalue weighted by atomic mass is 16.3. The predicted octanol–water partition coefficient (Wildman–Crippen LogP) is 2.98. The fourth-order valence-electron chi connectivity index (χ4n) is 2.81. The van der Waals surface area contributed by atoms with Crippen LogP contribution in [0.15, 0.2) is 18.2 Å². The number of hydrogen-bond donors (Lipinski definition) is 2. The van der Waals surface area contributed by atoms with Crippen LogP contribution in [0.2, 0.25) is 0 Å². The first kappa shape index (κ1) is 13.2. The minimum atomic E-state index is 0.347. The van der Waals surface area contributed by atoms with E-state index in [9.17, 15) is 5.11 Å². The van der Waals surface area contributed by atoms with Gasteiger partial charge in [0, 0.05) is 23.8 Å². The minimum absolute atomic E-state index is 0.347. The first-order valence-corrected chi connectivity index (χ1v) is 6.84. The number of phenolic OH excluding ortho intramolecular Hbond substituents is 1. The molecular weight excluding hydrogens is 224 g/mol. The maximum atomic E-state index is 9.84. The number of nitrogens with zero attached hydrogens (tertiary/aromatic N) is 1. The molecule has 0 aliphatic heterocycles. The number of nitrogens with two attached hydrogens (primary N) is 1. The summed E-state index contributed by atoms with van der Waals surface area (Å²) in [6.07, 6.45) is 5.16. The first-order chi connectivity index (χ1) is 8.56. The third-order valence-electron chi connectivity index (χ3n) is 4.13. The average molecular weight is 248 g/mol. The van der Waals surface area contributed by atoms with E-state index in [1.807, 2.05) is 6.07 Å². The van der Waals surface area contributed by atoms with Crippen LogP contribution in [0.25, 0.3) is 0 Å². The van der Waals surface area contributed by atoms with Gasteiger partial charge in [0.25, 0.3) is 0 Å². The van der Waals surface area contributed by atoms with Gasteiger partial charge in [0.15, 0.2) is 0 Å². The Bertz CT molecular complexity index is 397. The SMILES string of the molecule is CC1CCC(N(C)Cc2cc(N)ccc2O)CC1. The molecule has 0 bridgehead atoms. The zero-order valence-corrected chi connectivity index (χ0v) is 11.4. The maximum Gasteiger partial charge on any atom is 0.120 e. The molecule has 1 saturated carbocycles. The normalized spacial score (nSPS) is 24.4. The number of phenols is 1. The lowest BCUT2D eigenvalue weighted by Crippen LogP contribution is -2.34. The van der Waals surface area contributed by atoms with Gasteiger partial charge in [-0.1, -0.05) is 6.92 Å². The van der Waals surface area contributed by atoms with Crippen LogP contribution in [-0.2, 0) is 6.54 Å². The number of benzene rings is 1. The molecule has 100 valence electrons. The fraction of sp³-hybridized carbons (Fsp3) is 0.600. The number of anilines is 1. The summed E-state index contributed by atoms with van der Waals surface area (Å²) < 4.78 is 0. The van der Waals surface area contributed by atoms with Crippen LogP contribution < -0.4 is 5.73 Å². The topological polar surface area (TPSA) is 49.5 Å². The van der Waals surface area contributed by atoms with Gasteiger partial charge in [-0.2, -0.15) is 0 Å². The quantitative estimate of drug-likeness (QED) is 0.638. The summed E-state index contributed by atoms with van der Waals surface area (Å²) in [5.41, 5.74) is 7.41. The first-order valence-electron chi connectivity index (χ1n) is 6.84. The van der Waals surface area contributed by atoms with E-state index in [-0.39, 0.29) is 0 Å². The summed E-state index contributed by atoms with van der Waals surface area (Å²) in [4.78, 5) is 2.35. The molecule has 1 aliphatic carbocycles. The van der Waals surface area contributed by atoms with Crippen molar-refractivity contribution in [2.75, 3.05) is 12.8 Å². The summed E-state index contributed by atoms with van der Waals surface area (Å²) in [5.74, 6) is 1.22. The highest BCUT2D eigenvalue weighted by molar-refractivity contribution is 5.47. The lowest BCUT2D eigenvalue weighted by atomic mass is 9.86. The Kier molecular flexibility index (Phi) is 4.12. The van der Waals surface area contributed by atoms with Crippen LogP contribution in [-0.4, -0.2) is 23.1 Å². The van der Waals surface area contributed by atoms with E-state index >= 15 is 0 Å². The van der Waals surface area contributed by atoms with Gasteiger partial charge in [-0.15, -0.1) is 0 Å². The van der Waals surface area contributed by atoms with Crippen LogP contribution in [0.5, 0.6) is 5.75 Å². The summed E-state index contributed by atoms with van der Waals surface area (Å²) in [6.45, 7) is 3.11. The highest BCUT2D eigenvalue weighted by Gasteiger charge is 2.22. The van der Waals surface area contributed by atoms with E-state index in [4.69, 9.17) is 5.73 Å². The second-order valence-electron chi connectivity index (χ2n) is 5.72. The van der Waals surface area contributed by atoms with Crippen molar-refractivity contribution in [3.63, 3.8) is 0 Å². The molecule has 0 unspecified atom stereocenters. The summed E-state index contributed by atoms with van der Waals surface area (Å²) >= 11 is 0. The number of hydrogen-bond acceptors (Lipinski definition) is 3. The van der Waals surface area contributed by atoms with Crippen molar-refractivity contribution in [3.05, 3.63) is 23.8 Å². The Hall–Kier alpha value is -1.22. The minimum Gasteiger partial charge on any atom is -0.508 e. The van der Waals surface area contributed by atoms with Gasteiger partial charge in [0.05, 0.1) is 0 Å². The molecular formula is C15H24N2O. The third kappa shape index (κ3) is 3.16. The molecule has 3 N–H and O–H groups in total. The Morgan fingerprint density at radius 3 is 2.61 bits per heavy atom. The van der Waals surface area contributed by atoms with Crippen LogP contribution in [0.4, 0.5) is 5.69 Å². The number of rotatable bonds is 3. The zero-order chi connectivity index (χ0) is 13.1. The van der Waals surface area contributed by atoms with Crippen LogP contribution >= 0.6 is 0 Å². The maximum absolute atomic E-state index is 9.84. The monoisotopic (exact) mass is 248 g/mol. The van der Waals surface area contributed by atoms with E-state index < -0.39 is 0 Å². The fourth-order valence-corrected chi connectivity index (χ4v) is 2.81. The molecule has 0 radical (unpaired) electrons. The molecule has 1 aliphatic rings. The molecule has 0 spiro atoms. The van der Waals surface area contributed by atoms with Crippen molar-refractivity contribution in [1.29, 1.82) is 0 Å². The molecule has 0 saturated heterocycles. The van der Waals surface area contributed by atoms with E-state index in [1.165, 1.54) is 25.7 Å². The lowest BCUT2D eigenvalue weighted by Gasteiger charge is -2.33. The van der Waals surface area contributed by atoms with Crippen LogP contribution in [0.3, 0.4) is 0 Å². The standard InChI is InChI=1S/C15H24N2O/c1-11-3-6-14(7-4-11)17(2)10-12-9-13(16)5-8-15(12)18/h5,8-9,11,14,18H,3-4,6-7,10,16H2,1-2H3. The molecule has 0 heterocycles. The molecule has 18 heavy (non-hydrogen) atoms. The van der Waals surface area contributed by atoms with Gasteiger partial charge >= 0.3 is 0 Å². The molecule has 0 amide bonds. The predicted molar refractivity (Wildman–Crippen MR) is 75.4 cm³/mol. The zero-order valence-electron chi connectivity index (χ0n) is 11.4. The molecule has 3 heteroatoms. The summed E-state index contributed by atoms with van der Waals surface area (Å²) in [5, 5.41) is 9.84. The van der Waals surface area contributed by atoms with Crippen LogP contribution in [0.1, 0.15) is 38.2 Å². The number of nitrogen functional groups attached to an aromatic ring is 1. The Balaban J connectivity index is 1.98. The van der Waals surface area contributed by atoms with E-state index in [1.54, 1.807) is 12.1 Å². The Morgan fingerprint density at radius 2 is 1.94 bits per heavy atom. The second kappa shape index (κ2) is 5.61. The molecule has 2 rings (SSSR count). The molecule has 1 aromatic carbocycles. The average Bonchev–Trinajstić information content (AvgIpc) is 2.34.